The normalized spacial score (nSPS) is 13.4. The van der Waals surface area contributed by atoms with Crippen LogP contribution in [-0.4, -0.2) is 32.0 Å². The molecule has 2 amide bonds. The van der Waals surface area contributed by atoms with E-state index in [-0.39, 0.29) is 38.4 Å². The summed E-state index contributed by atoms with van der Waals surface area (Å²) in [5.41, 5.74) is 2.20. The number of imide groups is 1. The molecule has 2 aliphatic rings. The van der Waals surface area contributed by atoms with Crippen LogP contribution in [0.1, 0.15) is 174 Å². The summed E-state index contributed by atoms with van der Waals surface area (Å²) in [4.78, 5) is 64.0. The number of hydrogen-bond donors (Lipinski definition) is 0. The highest BCUT2D eigenvalue weighted by atomic mass is 32.2. The van der Waals surface area contributed by atoms with Gasteiger partial charge in [0.05, 0.1) is 57.0 Å². The Bertz CT molecular complexity index is 3880. The van der Waals surface area contributed by atoms with Crippen molar-refractivity contribution >= 4 is 97.8 Å². The van der Waals surface area contributed by atoms with Crippen molar-refractivity contribution in [3.63, 3.8) is 0 Å². The van der Waals surface area contributed by atoms with Crippen molar-refractivity contribution in [2.75, 3.05) is 6.54 Å². The molecule has 0 fully saturated rings. The maximum absolute atomic E-state index is 13.6. The summed E-state index contributed by atoms with van der Waals surface area (Å²) in [6, 6.07) is 25.7. The minimum atomic E-state index is -1.68. The number of benzene rings is 6. The van der Waals surface area contributed by atoms with E-state index in [1.54, 1.807) is 42.5 Å². The Kier molecular flexibility index (Phi) is 17.4. The van der Waals surface area contributed by atoms with Gasteiger partial charge in [-0.3, -0.25) is 32.9 Å². The third kappa shape index (κ3) is 10.4. The number of pyridine rings is 1. The molecular weight excluding hydrogens is 997 g/mol. The number of fused-ring (bicyclic) bond motifs is 4. The van der Waals surface area contributed by atoms with Crippen LogP contribution in [0.2, 0.25) is 0 Å². The molecule has 11 nitrogen and oxygen atoms in total. The maximum atomic E-state index is 13.6. The lowest BCUT2D eigenvalue weighted by Crippen LogP contribution is -2.41. The van der Waals surface area contributed by atoms with E-state index in [2.05, 4.69) is 35.7 Å². The van der Waals surface area contributed by atoms with Gasteiger partial charge in [-0.1, -0.05) is 166 Å². The molecule has 0 saturated heterocycles. The Balaban J connectivity index is 0.000000188. The number of nitriles is 2. The van der Waals surface area contributed by atoms with Crippen molar-refractivity contribution in [3.8, 4) is 23.3 Å². The van der Waals surface area contributed by atoms with E-state index in [1.807, 2.05) is 24.3 Å². The fourth-order valence-corrected chi connectivity index (χ4v) is 14.2. The molecule has 1 unspecified atom stereocenters. The van der Waals surface area contributed by atoms with E-state index in [0.717, 1.165) is 53.3 Å². The van der Waals surface area contributed by atoms with Crippen LogP contribution in [0.3, 0.4) is 0 Å². The number of nitrogens with zero attached hydrogens (tertiary/aromatic N) is 6. The minimum absolute atomic E-state index is 0.120. The van der Waals surface area contributed by atoms with Gasteiger partial charge in [0.15, 0.2) is 0 Å². The van der Waals surface area contributed by atoms with Crippen molar-refractivity contribution in [1.82, 2.24) is 9.47 Å². The van der Waals surface area contributed by atoms with E-state index in [0.29, 0.717) is 84.5 Å². The lowest BCUT2D eigenvalue weighted by Gasteiger charge is -2.31. The number of hydrogen-bond acceptors (Lipinski definition) is 8. The van der Waals surface area contributed by atoms with Gasteiger partial charge in [-0.25, -0.2) is 9.69 Å². The van der Waals surface area contributed by atoms with Crippen LogP contribution in [0.5, 0.6) is 0 Å². The lowest BCUT2D eigenvalue weighted by atomic mass is 9.85. The third-order valence-corrected chi connectivity index (χ3v) is 18.2. The summed E-state index contributed by atoms with van der Waals surface area (Å²) < 4.78 is 16.6. The lowest BCUT2D eigenvalue weighted by molar-refractivity contribution is 0.0607. The predicted octanol–water partition coefficient (Wildman–Crippen LogP) is 16.6. The average Bonchev–Trinajstić information content (AvgIpc) is 3.54. The fourth-order valence-electron chi connectivity index (χ4n) is 11.6. The van der Waals surface area contributed by atoms with Gasteiger partial charge >= 0.3 is 0 Å². The predicted molar refractivity (Wildman–Crippen MR) is 311 cm³/mol. The SMILES string of the molecule is [C-]#[N+]c1cc2c(=O)n(CCCCCCCCCCCC)c(=O)c3cc(C#N)c4c5ccccc5sc1c4c23.[C-]#[N+]c1cc2c3c(cc(C#N)c4c3c1S(=O)c1ccccc1-4)C(=O)N(CCCCCCCCCCCC)C2=O. The van der Waals surface area contributed by atoms with Crippen molar-refractivity contribution in [2.45, 2.75) is 159 Å². The summed E-state index contributed by atoms with van der Waals surface area (Å²) in [6.07, 6.45) is 23.2. The summed E-state index contributed by atoms with van der Waals surface area (Å²) in [6.45, 7) is 20.7. The molecule has 0 aliphatic carbocycles. The number of carbonyl (C=O) groups is 2. The molecule has 2 aromatic heterocycles. The Morgan fingerprint density at radius 2 is 1.06 bits per heavy atom. The smallest absolute Gasteiger partial charge is 0.261 e. The molecule has 1 atom stereocenters. The second kappa shape index (κ2) is 24.6. The van der Waals surface area contributed by atoms with Crippen LogP contribution in [0.15, 0.2) is 92.2 Å². The van der Waals surface area contributed by atoms with Gasteiger partial charge in [0, 0.05) is 77.1 Å². The second-order valence-corrected chi connectivity index (χ2v) is 22.9. The zero-order valence-electron chi connectivity index (χ0n) is 44.0. The molecule has 77 heavy (non-hydrogen) atoms. The van der Waals surface area contributed by atoms with E-state index < -0.39 is 22.6 Å². The van der Waals surface area contributed by atoms with Crippen LogP contribution >= 0.6 is 11.3 Å². The monoisotopic (exact) mass is 1060 g/mol. The highest BCUT2D eigenvalue weighted by Gasteiger charge is 2.39. The van der Waals surface area contributed by atoms with Crippen molar-refractivity contribution in [2.24, 2.45) is 0 Å². The Hall–Kier alpha value is -7.55. The average molecular weight is 1060 g/mol. The summed E-state index contributed by atoms with van der Waals surface area (Å²) in [5, 5.41) is 24.6. The van der Waals surface area contributed by atoms with Gasteiger partial charge in [-0.05, 0) is 60.0 Å². The molecule has 4 heterocycles. The third-order valence-electron chi connectivity index (χ3n) is 15.4. The number of amides is 2. The van der Waals surface area contributed by atoms with Gasteiger partial charge in [-0.2, -0.15) is 10.5 Å². The molecule has 0 bridgehead atoms. The van der Waals surface area contributed by atoms with E-state index in [1.165, 1.54) is 110 Å². The molecule has 0 saturated carbocycles. The van der Waals surface area contributed by atoms with E-state index in [9.17, 15) is 33.9 Å². The molecule has 8 aromatic rings. The quantitative estimate of drug-likeness (QED) is 0.0216. The molecule has 0 spiro atoms. The first kappa shape index (κ1) is 54.2. The molecular formula is C64H62N6O5S2. The fraction of sp³-hybridized carbons (Fsp3) is 0.375. The van der Waals surface area contributed by atoms with Gasteiger partial charge in [0.25, 0.3) is 22.9 Å². The Labute approximate surface area is 456 Å². The second-order valence-electron chi connectivity index (χ2n) is 20.4. The number of unbranched alkanes of at least 4 members (excludes halogenated alkanes) is 18. The van der Waals surface area contributed by atoms with Crippen LogP contribution < -0.4 is 11.1 Å². The molecule has 0 radical (unpaired) electrons. The van der Waals surface area contributed by atoms with Crippen LogP contribution in [-0.2, 0) is 17.3 Å². The highest BCUT2D eigenvalue weighted by molar-refractivity contribution is 7.85. The number of carbonyl (C=O) groups excluding carboxylic acids is 2. The van der Waals surface area contributed by atoms with Crippen LogP contribution in [0.4, 0.5) is 11.4 Å². The van der Waals surface area contributed by atoms with Gasteiger partial charge < -0.3 is 0 Å². The first-order chi connectivity index (χ1) is 37.6. The first-order valence-corrected chi connectivity index (χ1v) is 29.5. The highest BCUT2D eigenvalue weighted by Crippen LogP contribution is 2.51. The Morgan fingerprint density at radius 1 is 0.532 bits per heavy atom. The maximum Gasteiger partial charge on any atom is 0.261 e. The molecule has 13 heteroatoms. The molecule has 6 aromatic carbocycles. The van der Waals surface area contributed by atoms with Gasteiger partial charge in [-0.15, -0.1) is 11.3 Å². The van der Waals surface area contributed by atoms with Crippen molar-refractivity contribution in [1.29, 1.82) is 10.5 Å². The Morgan fingerprint density at radius 3 is 1.66 bits per heavy atom. The molecule has 0 N–H and O–H groups in total. The summed E-state index contributed by atoms with van der Waals surface area (Å²) in [7, 11) is -1.68. The summed E-state index contributed by atoms with van der Waals surface area (Å²) in [5.74, 6) is -0.863. The first-order valence-electron chi connectivity index (χ1n) is 27.5. The zero-order valence-corrected chi connectivity index (χ0v) is 45.7. The van der Waals surface area contributed by atoms with Gasteiger partial charge in [0.1, 0.15) is 0 Å². The zero-order chi connectivity index (χ0) is 54.2. The van der Waals surface area contributed by atoms with Crippen molar-refractivity contribution in [3.05, 3.63) is 139 Å². The van der Waals surface area contributed by atoms with Crippen LogP contribution in [0, 0.1) is 35.8 Å². The summed E-state index contributed by atoms with van der Waals surface area (Å²) >= 11 is 1.47. The van der Waals surface area contributed by atoms with Crippen LogP contribution in [0.25, 0.3) is 73.3 Å². The minimum Gasteiger partial charge on any atom is -0.274 e. The van der Waals surface area contributed by atoms with Gasteiger partial charge in [0.2, 0.25) is 11.4 Å². The number of aromatic nitrogens is 1. The molecule has 390 valence electrons. The number of rotatable bonds is 22. The van der Waals surface area contributed by atoms with Crippen molar-refractivity contribution < 1.29 is 13.8 Å². The topological polar surface area (TPSA) is 150 Å². The standard InChI is InChI=1S/C32H31N3O3S.C32H31N3O2S/c1-3-4-5-6-7-8-9-10-11-14-17-35-31(36)23-18-21(20-33)27-22-15-12-13-16-26(22)39(38)30-25(34-2)19-24(32(35)37)28(23)29(27)30;1-3-4-5-6-7-8-9-10-11-14-17-35-31(36)23-18-21(20-33)27-22-15-12-13-16-26(22)38-30-25(34-2)19-24(32(35)37)28(23)29(27)30/h12-13,15-16,18-19H,3-11,14,17H2,1H3;12-13,15-16,18-19H,3-11,14,17H2,1H3. The molecule has 10 rings (SSSR count). The molecule has 2 aliphatic heterocycles. The van der Waals surface area contributed by atoms with E-state index >= 15 is 0 Å². The van der Waals surface area contributed by atoms with E-state index in [4.69, 9.17) is 13.1 Å². The largest absolute Gasteiger partial charge is 0.274 e.